The molecule has 132 valence electrons. The van der Waals surface area contributed by atoms with Crippen molar-refractivity contribution in [3.8, 4) is 0 Å². The summed E-state index contributed by atoms with van der Waals surface area (Å²) in [5.74, 6) is 0. The number of nitrogens with zero attached hydrogens (tertiary/aromatic N) is 1. The van der Waals surface area contributed by atoms with Crippen molar-refractivity contribution >= 4 is 23.3 Å². The molecule has 10 heteroatoms. The van der Waals surface area contributed by atoms with Crippen LogP contribution < -0.4 is 5.32 Å². The van der Waals surface area contributed by atoms with Crippen LogP contribution in [0.3, 0.4) is 0 Å². The number of hydrogen-bond donors (Lipinski definition) is 1. The van der Waals surface area contributed by atoms with Crippen LogP contribution in [-0.2, 0) is 5.54 Å². The molecule has 1 aromatic rings. The topological polar surface area (TPSA) is 32.3 Å². The Bertz CT molecular complexity index is 672. The highest BCUT2D eigenvalue weighted by molar-refractivity contribution is 6.30. The SMILES string of the molecule is C=CCC1(C(F)(F)F)c2cc(Cl)ccc2NC(=O)N1CC(F)(F)F. The third kappa shape index (κ3) is 3.04. The Hall–Kier alpha value is -1.90. The maximum atomic E-state index is 13.9. The maximum absolute atomic E-state index is 13.9. The van der Waals surface area contributed by atoms with Crippen LogP contribution in [0.2, 0.25) is 5.02 Å². The second-order valence-electron chi connectivity index (χ2n) is 5.17. The van der Waals surface area contributed by atoms with Crippen LogP contribution in [0.1, 0.15) is 12.0 Å². The van der Waals surface area contributed by atoms with Gasteiger partial charge in [-0.1, -0.05) is 17.7 Å². The Morgan fingerprint density at radius 1 is 1.25 bits per heavy atom. The van der Waals surface area contributed by atoms with E-state index in [1.807, 2.05) is 5.32 Å². The van der Waals surface area contributed by atoms with E-state index >= 15 is 0 Å². The number of nitrogens with one attached hydrogen (secondary N) is 1. The summed E-state index contributed by atoms with van der Waals surface area (Å²) in [7, 11) is 0. The second kappa shape index (κ2) is 5.87. The van der Waals surface area contributed by atoms with Crippen LogP contribution in [0.5, 0.6) is 0 Å². The zero-order valence-electron chi connectivity index (χ0n) is 11.9. The molecule has 3 nitrogen and oxygen atoms in total. The summed E-state index contributed by atoms with van der Waals surface area (Å²) < 4.78 is 80.1. The van der Waals surface area contributed by atoms with Crippen molar-refractivity contribution in [1.29, 1.82) is 0 Å². The van der Waals surface area contributed by atoms with E-state index < -0.39 is 42.5 Å². The van der Waals surface area contributed by atoms with E-state index in [1.54, 1.807) is 0 Å². The molecule has 1 aliphatic heterocycles. The van der Waals surface area contributed by atoms with Crippen molar-refractivity contribution in [2.75, 3.05) is 11.9 Å². The Labute approximate surface area is 137 Å². The number of benzene rings is 1. The molecule has 0 saturated heterocycles. The Kier molecular flexibility index (Phi) is 4.51. The van der Waals surface area contributed by atoms with Gasteiger partial charge in [-0.05, 0) is 18.2 Å². The van der Waals surface area contributed by atoms with Crippen LogP contribution in [-0.4, -0.2) is 29.8 Å². The van der Waals surface area contributed by atoms with Crippen LogP contribution in [0.15, 0.2) is 30.9 Å². The largest absolute Gasteiger partial charge is 0.416 e. The normalized spacial score (nSPS) is 21.3. The van der Waals surface area contributed by atoms with Crippen molar-refractivity contribution in [2.45, 2.75) is 24.3 Å². The lowest BCUT2D eigenvalue weighted by Gasteiger charge is -2.48. The molecule has 0 spiro atoms. The van der Waals surface area contributed by atoms with Crippen molar-refractivity contribution in [1.82, 2.24) is 4.90 Å². The van der Waals surface area contributed by atoms with E-state index in [2.05, 4.69) is 6.58 Å². The van der Waals surface area contributed by atoms with Gasteiger partial charge in [-0.2, -0.15) is 26.3 Å². The Balaban J connectivity index is 2.79. The van der Waals surface area contributed by atoms with E-state index in [0.29, 0.717) is 0 Å². The molecule has 1 N–H and O–H groups in total. The quantitative estimate of drug-likeness (QED) is 0.582. The number of carbonyl (C=O) groups excluding carboxylic acids is 1. The molecule has 1 aliphatic rings. The number of urea groups is 1. The highest BCUT2D eigenvalue weighted by Gasteiger charge is 2.64. The van der Waals surface area contributed by atoms with E-state index in [1.165, 1.54) is 6.07 Å². The van der Waals surface area contributed by atoms with Gasteiger partial charge in [0.05, 0.1) is 0 Å². The third-order valence-electron chi connectivity index (χ3n) is 3.62. The summed E-state index contributed by atoms with van der Waals surface area (Å²) in [5, 5.41) is 1.94. The molecule has 0 aromatic heterocycles. The predicted molar refractivity (Wildman–Crippen MR) is 75.8 cm³/mol. The Morgan fingerprint density at radius 2 is 1.88 bits per heavy atom. The molecule has 1 heterocycles. The van der Waals surface area contributed by atoms with Crippen molar-refractivity contribution in [2.24, 2.45) is 0 Å². The van der Waals surface area contributed by atoms with E-state index in [9.17, 15) is 31.1 Å². The molecule has 1 aromatic carbocycles. The molecule has 2 amide bonds. The fourth-order valence-corrected chi connectivity index (χ4v) is 2.88. The summed E-state index contributed by atoms with van der Waals surface area (Å²) in [5.41, 5.74) is -4.03. The minimum Gasteiger partial charge on any atom is -0.307 e. The lowest BCUT2D eigenvalue weighted by molar-refractivity contribution is -0.244. The summed E-state index contributed by atoms with van der Waals surface area (Å²) in [6.07, 6.45) is -10.3. The van der Waals surface area contributed by atoms with Gasteiger partial charge >= 0.3 is 18.4 Å². The third-order valence-corrected chi connectivity index (χ3v) is 3.86. The van der Waals surface area contributed by atoms with Gasteiger partial charge in [-0.15, -0.1) is 6.58 Å². The molecular weight excluding hydrogens is 362 g/mol. The first kappa shape index (κ1) is 18.4. The molecule has 0 fully saturated rings. The number of carbonyl (C=O) groups is 1. The maximum Gasteiger partial charge on any atom is 0.416 e. The van der Waals surface area contributed by atoms with Crippen molar-refractivity contribution < 1.29 is 31.1 Å². The van der Waals surface area contributed by atoms with Gasteiger partial charge in [0.2, 0.25) is 0 Å². The highest BCUT2D eigenvalue weighted by Crippen LogP contribution is 2.52. The zero-order chi connectivity index (χ0) is 18.3. The number of hydrogen-bond acceptors (Lipinski definition) is 1. The standard InChI is InChI=1S/C14H11ClF6N2O/c1-2-5-12(14(19,20)21)9-6-8(15)3-4-10(9)22-11(24)23(12)7-13(16,17)18/h2-4,6H,1,5,7H2,(H,22,24). The number of anilines is 1. The van der Waals surface area contributed by atoms with E-state index in [-0.39, 0.29) is 15.6 Å². The lowest BCUT2D eigenvalue weighted by atomic mass is 9.81. The molecule has 24 heavy (non-hydrogen) atoms. The smallest absolute Gasteiger partial charge is 0.307 e. The molecule has 0 bridgehead atoms. The van der Waals surface area contributed by atoms with Gasteiger partial charge in [-0.25, -0.2) is 4.79 Å². The number of alkyl halides is 6. The van der Waals surface area contributed by atoms with Gasteiger partial charge in [0.25, 0.3) is 0 Å². The van der Waals surface area contributed by atoms with Crippen molar-refractivity contribution in [3.05, 3.63) is 41.4 Å². The summed E-state index contributed by atoms with van der Waals surface area (Å²) in [6.45, 7) is 1.12. The van der Waals surface area contributed by atoms with Gasteiger partial charge < -0.3 is 5.32 Å². The number of rotatable bonds is 3. The van der Waals surface area contributed by atoms with Crippen LogP contribution in [0, 0.1) is 0 Å². The first-order valence-electron chi connectivity index (χ1n) is 6.55. The molecule has 1 atom stereocenters. The van der Waals surface area contributed by atoms with Gasteiger partial charge in [-0.3, -0.25) is 4.90 Å². The molecule has 0 saturated carbocycles. The zero-order valence-corrected chi connectivity index (χ0v) is 12.7. The minimum absolute atomic E-state index is 0.102. The molecule has 2 rings (SSSR count). The fraction of sp³-hybridized carbons (Fsp3) is 0.357. The number of amides is 2. The number of fused-ring (bicyclic) bond motifs is 1. The minimum atomic E-state index is -5.19. The van der Waals surface area contributed by atoms with Crippen molar-refractivity contribution in [3.63, 3.8) is 0 Å². The van der Waals surface area contributed by atoms with Crippen LogP contribution in [0.25, 0.3) is 0 Å². The first-order chi connectivity index (χ1) is 10.9. The van der Waals surface area contributed by atoms with E-state index in [4.69, 9.17) is 11.6 Å². The Morgan fingerprint density at radius 3 is 2.38 bits per heavy atom. The summed E-state index contributed by atoms with van der Waals surface area (Å²) in [4.78, 5) is 11.7. The highest BCUT2D eigenvalue weighted by atomic mass is 35.5. The predicted octanol–water partition coefficient (Wildman–Crippen LogP) is 5.08. The van der Waals surface area contributed by atoms with Gasteiger partial charge in [0.1, 0.15) is 6.54 Å². The second-order valence-corrected chi connectivity index (χ2v) is 5.61. The molecular formula is C14H11ClF6N2O. The van der Waals surface area contributed by atoms with Crippen LogP contribution >= 0.6 is 11.6 Å². The molecule has 0 radical (unpaired) electrons. The van der Waals surface area contributed by atoms with Gasteiger partial charge in [0.15, 0.2) is 5.54 Å². The first-order valence-corrected chi connectivity index (χ1v) is 6.93. The van der Waals surface area contributed by atoms with Crippen LogP contribution in [0.4, 0.5) is 36.8 Å². The van der Waals surface area contributed by atoms with E-state index in [0.717, 1.165) is 18.2 Å². The number of halogens is 7. The average Bonchev–Trinajstić information content (AvgIpc) is 2.41. The fourth-order valence-electron chi connectivity index (χ4n) is 2.71. The monoisotopic (exact) mass is 372 g/mol. The average molecular weight is 373 g/mol. The molecule has 1 unspecified atom stereocenters. The summed E-state index contributed by atoms with van der Waals surface area (Å²) >= 11 is 5.72. The molecule has 0 aliphatic carbocycles. The summed E-state index contributed by atoms with van der Waals surface area (Å²) in [6, 6.07) is 1.75. The van der Waals surface area contributed by atoms with Gasteiger partial charge in [0, 0.05) is 22.7 Å². The lowest BCUT2D eigenvalue weighted by Crippen LogP contribution is -2.63.